The van der Waals surface area contributed by atoms with Crippen LogP contribution >= 0.6 is 8.25 Å². The number of methoxy groups -OCH3 is 1. The second-order valence-corrected chi connectivity index (χ2v) is 4.32. The summed E-state index contributed by atoms with van der Waals surface area (Å²) in [7, 11) is -1.75. The molecule has 0 rings (SSSR count). The van der Waals surface area contributed by atoms with Gasteiger partial charge >= 0.3 is 14.2 Å². The molecule has 0 spiro atoms. The first-order valence-corrected chi connectivity index (χ1v) is 8.09. The number of carbonyl (C=O) groups excluding carboxylic acids is 1. The fourth-order valence-corrected chi connectivity index (χ4v) is 0.661. The van der Waals surface area contributed by atoms with Crippen molar-refractivity contribution in [3.05, 3.63) is 0 Å². The predicted octanol–water partition coefficient (Wildman–Crippen LogP) is 0.124. The second kappa shape index (κ2) is 25.4. The fourth-order valence-electron chi connectivity index (χ4n) is 0.661. The van der Waals surface area contributed by atoms with Crippen LogP contribution in [0.3, 0.4) is 0 Å². The third-order valence-electron chi connectivity index (χ3n) is 1.61. The Balaban J connectivity index is -0.0000000994. The van der Waals surface area contributed by atoms with E-state index in [-0.39, 0.29) is 5.97 Å². The molecule has 0 radical (unpaired) electrons. The molecule has 0 aromatic heterocycles. The monoisotopic (exact) mass is 350 g/mol. The normalized spacial score (nSPS) is 9.14. The third kappa shape index (κ3) is 74.1. The third-order valence-corrected chi connectivity index (χ3v) is 1.61. The Morgan fingerprint density at radius 1 is 0.955 bits per heavy atom. The molecule has 138 valence electrons. The zero-order valence-electron chi connectivity index (χ0n) is 13.6. The molecule has 0 unspecified atom stereocenters. The van der Waals surface area contributed by atoms with E-state index in [9.17, 15) is 4.79 Å². The van der Waals surface area contributed by atoms with Crippen molar-refractivity contribution >= 4 is 14.2 Å². The largest absolute Gasteiger partial charge is 0.469 e. The number of hydrogen-bond acceptors (Lipinski definition) is 7. The molecular formula is C12H31O9P. The molecule has 0 aliphatic heterocycles. The van der Waals surface area contributed by atoms with E-state index < -0.39 is 20.8 Å². The van der Waals surface area contributed by atoms with Gasteiger partial charge in [0.2, 0.25) is 0 Å². The summed E-state index contributed by atoms with van der Waals surface area (Å²) in [5.74, 6) is -0.157. The van der Waals surface area contributed by atoms with Gasteiger partial charge in [-0.25, -0.2) is 0 Å². The average molecular weight is 350 g/mol. The van der Waals surface area contributed by atoms with Gasteiger partial charge in [-0.05, 0) is 12.8 Å². The molecule has 0 aromatic rings. The second-order valence-electron chi connectivity index (χ2n) is 3.75. The highest BCUT2D eigenvalue weighted by molar-refractivity contribution is 7.30. The summed E-state index contributed by atoms with van der Waals surface area (Å²) < 4.78 is 13.0. The molecule has 6 N–H and O–H groups in total. The molecule has 0 bridgehead atoms. The lowest BCUT2D eigenvalue weighted by atomic mass is 10.3. The van der Waals surface area contributed by atoms with Gasteiger partial charge in [0.25, 0.3) is 0 Å². The summed E-state index contributed by atoms with van der Waals surface area (Å²) in [6.07, 6.45) is 0.899. The fraction of sp³-hybridized carbons (Fsp3) is 0.917. The van der Waals surface area contributed by atoms with Crippen LogP contribution < -0.4 is 0 Å². The maximum atomic E-state index is 9.96. The van der Waals surface area contributed by atoms with Crippen LogP contribution in [0.1, 0.15) is 52.9 Å². The minimum Gasteiger partial charge on any atom is -0.469 e. The zero-order chi connectivity index (χ0) is 18.6. The average Bonchev–Trinajstić information content (AvgIpc) is 2.38. The van der Waals surface area contributed by atoms with Crippen LogP contribution in [0.4, 0.5) is 0 Å². The molecular weight excluding hydrogens is 319 g/mol. The van der Waals surface area contributed by atoms with Gasteiger partial charge in [-0.2, -0.15) is 0 Å². The Hall–Kier alpha value is -0.540. The van der Waals surface area contributed by atoms with Crippen molar-refractivity contribution < 1.29 is 44.3 Å². The topological polar surface area (TPSA) is 165 Å². The van der Waals surface area contributed by atoms with Crippen molar-refractivity contribution in [3.63, 3.8) is 0 Å². The molecule has 0 fully saturated rings. The highest BCUT2D eigenvalue weighted by atomic mass is 31.1. The molecule has 0 saturated heterocycles. The molecule has 0 atom stereocenters. The summed E-state index contributed by atoms with van der Waals surface area (Å²) in [6, 6.07) is 0. The molecule has 0 aliphatic carbocycles. The first kappa shape index (κ1) is 29.5. The Morgan fingerprint density at radius 2 is 1.23 bits per heavy atom. The molecule has 0 aromatic carbocycles. The lowest BCUT2D eigenvalue weighted by molar-refractivity contribution is -0.140. The van der Waals surface area contributed by atoms with Crippen LogP contribution in [0, 0.1) is 0 Å². The van der Waals surface area contributed by atoms with Crippen molar-refractivity contribution in [2.75, 3.05) is 7.11 Å². The lowest BCUT2D eigenvalue weighted by Gasteiger charge is -1.94. The van der Waals surface area contributed by atoms with Gasteiger partial charge in [0.1, 0.15) is 0 Å². The number of ether oxygens (including phenoxy) is 1. The van der Waals surface area contributed by atoms with Gasteiger partial charge in [0.15, 0.2) is 12.6 Å². The number of aliphatic hydroxyl groups is 4. The number of aliphatic hydroxyl groups excluding tert-OH is 2. The smallest absolute Gasteiger partial charge is 0.314 e. The van der Waals surface area contributed by atoms with E-state index in [1.54, 1.807) is 6.92 Å². The predicted molar refractivity (Wildman–Crippen MR) is 82.0 cm³/mol. The maximum absolute atomic E-state index is 9.96. The summed E-state index contributed by atoms with van der Waals surface area (Å²) in [4.78, 5) is 24.3. The first-order valence-electron chi connectivity index (χ1n) is 6.79. The van der Waals surface area contributed by atoms with Gasteiger partial charge in [-0.1, -0.05) is 33.6 Å². The van der Waals surface area contributed by atoms with Crippen molar-refractivity contribution in [3.8, 4) is 0 Å². The van der Waals surface area contributed by atoms with E-state index in [0.29, 0.717) is 19.3 Å². The van der Waals surface area contributed by atoms with Crippen molar-refractivity contribution in [2.45, 2.75) is 65.5 Å². The van der Waals surface area contributed by atoms with E-state index in [0.717, 1.165) is 12.8 Å². The van der Waals surface area contributed by atoms with Crippen LogP contribution in [-0.2, 0) is 14.1 Å². The Labute approximate surface area is 132 Å². The number of rotatable bonds is 5. The van der Waals surface area contributed by atoms with Gasteiger partial charge in [-0.3, -0.25) is 9.36 Å². The minimum atomic E-state index is -3.13. The Kier molecular flexibility index (Phi) is 34.0. The molecule has 0 amide bonds. The summed E-state index contributed by atoms with van der Waals surface area (Å²) >= 11 is 0. The number of carbonyl (C=O) groups is 1. The molecule has 22 heavy (non-hydrogen) atoms. The summed E-state index contributed by atoms with van der Waals surface area (Å²) in [5.41, 5.74) is 0. The van der Waals surface area contributed by atoms with Crippen LogP contribution in [0.2, 0.25) is 0 Å². The van der Waals surface area contributed by atoms with E-state index in [1.807, 2.05) is 13.8 Å². The van der Waals surface area contributed by atoms with E-state index >= 15 is 0 Å². The Morgan fingerprint density at radius 3 is 1.23 bits per heavy atom. The highest BCUT2D eigenvalue weighted by Crippen LogP contribution is 1.98. The van der Waals surface area contributed by atoms with Crippen LogP contribution in [0.15, 0.2) is 0 Å². The summed E-state index contributed by atoms with van der Waals surface area (Å²) in [6.45, 7) is 5.56. The van der Waals surface area contributed by atoms with Crippen LogP contribution in [0.25, 0.3) is 0 Å². The number of hydrogen-bond donors (Lipinski definition) is 6. The van der Waals surface area contributed by atoms with E-state index in [1.165, 1.54) is 7.11 Å². The quantitative estimate of drug-likeness (QED) is 0.229. The van der Waals surface area contributed by atoms with E-state index in [4.69, 9.17) is 34.8 Å². The first-order chi connectivity index (χ1) is 10.1. The number of esters is 1. The minimum absolute atomic E-state index is 0.157. The van der Waals surface area contributed by atoms with Crippen molar-refractivity contribution in [2.24, 2.45) is 0 Å². The highest BCUT2D eigenvalue weighted by Gasteiger charge is 1.89. The lowest BCUT2D eigenvalue weighted by Crippen LogP contribution is -2.01. The van der Waals surface area contributed by atoms with E-state index in [2.05, 4.69) is 4.74 Å². The van der Waals surface area contributed by atoms with Gasteiger partial charge in [0.05, 0.1) is 7.11 Å². The van der Waals surface area contributed by atoms with Gasteiger partial charge in [0, 0.05) is 6.42 Å². The Bertz CT molecular complexity index is 215. The van der Waals surface area contributed by atoms with Crippen molar-refractivity contribution in [1.82, 2.24) is 0 Å². The standard InChI is InChI=1S/C4H8O2.2C4H10O2.H3O3P/c1-3-4(5)6-2;2*1-2-3-4(5)6;1-4(2)3/h3H2,1-2H3;2*4-6H,2-3H2,1H3;4H,(H2,1,2,3). The maximum Gasteiger partial charge on any atom is 0.314 e. The SMILES string of the molecule is CCC(=O)OC.CCCC(O)O.CCCC(O)O.O=[PH](O)O. The van der Waals surface area contributed by atoms with Crippen molar-refractivity contribution in [1.29, 1.82) is 0 Å². The molecule has 9 nitrogen and oxygen atoms in total. The van der Waals surface area contributed by atoms with Crippen LogP contribution in [0.5, 0.6) is 0 Å². The molecule has 0 saturated carbocycles. The summed E-state index contributed by atoms with van der Waals surface area (Å²) in [5, 5.41) is 32.4. The zero-order valence-corrected chi connectivity index (χ0v) is 14.6. The van der Waals surface area contributed by atoms with Gasteiger partial charge < -0.3 is 34.9 Å². The molecule has 0 aliphatic rings. The molecule has 10 heteroatoms. The molecule has 0 heterocycles. The van der Waals surface area contributed by atoms with Gasteiger partial charge in [-0.15, -0.1) is 0 Å². The van der Waals surface area contributed by atoms with Crippen LogP contribution in [-0.4, -0.2) is 55.9 Å².